The van der Waals surface area contributed by atoms with Crippen LogP contribution in [0.2, 0.25) is 0 Å². The van der Waals surface area contributed by atoms with E-state index < -0.39 is 0 Å². The van der Waals surface area contributed by atoms with Crippen LogP contribution in [0.25, 0.3) is 0 Å². The Labute approximate surface area is 108 Å². The first-order valence-electron chi connectivity index (χ1n) is 6.16. The summed E-state index contributed by atoms with van der Waals surface area (Å²) in [7, 11) is 0. The Morgan fingerprint density at radius 3 is 2.33 bits per heavy atom. The van der Waals surface area contributed by atoms with Crippen LogP contribution in [0.3, 0.4) is 0 Å². The fraction of sp³-hybridized carbons (Fsp3) is 0.250. The lowest BCUT2D eigenvalue weighted by molar-refractivity contribution is 0.225. The van der Waals surface area contributed by atoms with Gasteiger partial charge in [0.15, 0.2) is 0 Å². The molecule has 0 heterocycles. The number of hydrogen-bond donors (Lipinski definition) is 1. The number of nitrogen functional groups attached to an aromatic ring is 1. The lowest BCUT2D eigenvalue weighted by Crippen LogP contribution is -2.04. The van der Waals surface area contributed by atoms with Gasteiger partial charge in [-0.1, -0.05) is 30.3 Å². The van der Waals surface area contributed by atoms with Crippen LogP contribution >= 0.6 is 0 Å². The van der Waals surface area contributed by atoms with Gasteiger partial charge in [-0.2, -0.15) is 0 Å². The van der Waals surface area contributed by atoms with Crippen LogP contribution < -0.4 is 10.5 Å². The molecule has 1 atom stereocenters. The van der Waals surface area contributed by atoms with Gasteiger partial charge in [0.2, 0.25) is 0 Å². The van der Waals surface area contributed by atoms with E-state index in [-0.39, 0.29) is 6.10 Å². The van der Waals surface area contributed by atoms with Crippen LogP contribution in [-0.2, 0) is 0 Å². The molecule has 2 aromatic carbocycles. The first-order chi connectivity index (χ1) is 8.58. The van der Waals surface area contributed by atoms with Gasteiger partial charge in [-0.25, -0.2) is 0 Å². The monoisotopic (exact) mass is 241 g/mol. The van der Waals surface area contributed by atoms with E-state index in [2.05, 4.69) is 19.1 Å². The topological polar surface area (TPSA) is 35.2 Å². The maximum atomic E-state index is 6.01. The fourth-order valence-corrected chi connectivity index (χ4v) is 1.92. The summed E-state index contributed by atoms with van der Waals surface area (Å²) in [6.07, 6.45) is 0.0351. The predicted octanol–water partition coefficient (Wildman–Crippen LogP) is 4.03. The molecule has 2 aromatic rings. The van der Waals surface area contributed by atoms with Crippen molar-refractivity contribution in [3.63, 3.8) is 0 Å². The molecule has 0 radical (unpaired) electrons. The molecular weight excluding hydrogens is 222 g/mol. The van der Waals surface area contributed by atoms with E-state index in [1.807, 2.05) is 44.2 Å². The molecule has 0 amide bonds. The highest BCUT2D eigenvalue weighted by molar-refractivity contribution is 5.53. The normalized spacial score (nSPS) is 12.2. The molecule has 0 fully saturated rings. The summed E-state index contributed by atoms with van der Waals surface area (Å²) in [5.74, 6) is 0.901. The summed E-state index contributed by atoms with van der Waals surface area (Å²) in [6.45, 7) is 6.07. The Kier molecular flexibility index (Phi) is 3.56. The molecule has 2 heteroatoms. The Morgan fingerprint density at radius 2 is 1.67 bits per heavy atom. The number of nitrogens with two attached hydrogens (primary N) is 1. The summed E-state index contributed by atoms with van der Waals surface area (Å²) in [4.78, 5) is 0. The van der Waals surface area contributed by atoms with Gasteiger partial charge in [0.05, 0.1) is 0 Å². The Balaban J connectivity index is 2.22. The Bertz CT molecular complexity index is 534. The number of benzene rings is 2. The van der Waals surface area contributed by atoms with Crippen molar-refractivity contribution in [3.8, 4) is 5.75 Å². The number of ether oxygens (including phenoxy) is 1. The molecule has 94 valence electrons. The molecule has 0 aliphatic heterocycles. The third-order valence-electron chi connectivity index (χ3n) is 3.14. The van der Waals surface area contributed by atoms with E-state index in [0.717, 1.165) is 22.6 Å². The molecule has 1 unspecified atom stereocenters. The quantitative estimate of drug-likeness (QED) is 0.823. The lowest BCUT2D eigenvalue weighted by Gasteiger charge is -2.18. The van der Waals surface area contributed by atoms with Gasteiger partial charge in [-0.05, 0) is 49.6 Å². The second-order valence-corrected chi connectivity index (χ2v) is 4.65. The van der Waals surface area contributed by atoms with E-state index in [9.17, 15) is 0 Å². The van der Waals surface area contributed by atoms with E-state index in [0.29, 0.717) is 0 Å². The van der Waals surface area contributed by atoms with Crippen molar-refractivity contribution in [3.05, 3.63) is 59.2 Å². The molecule has 0 aliphatic carbocycles. The van der Waals surface area contributed by atoms with Crippen molar-refractivity contribution >= 4 is 5.69 Å². The average molecular weight is 241 g/mol. The summed E-state index contributed by atoms with van der Waals surface area (Å²) in [6, 6.07) is 14.2. The molecule has 0 saturated carbocycles. The predicted molar refractivity (Wildman–Crippen MR) is 75.8 cm³/mol. The maximum absolute atomic E-state index is 6.01. The van der Waals surface area contributed by atoms with E-state index in [4.69, 9.17) is 10.5 Å². The lowest BCUT2D eigenvalue weighted by atomic mass is 10.1. The summed E-state index contributed by atoms with van der Waals surface area (Å²) in [5.41, 5.74) is 9.98. The van der Waals surface area contributed by atoms with Gasteiger partial charge in [-0.15, -0.1) is 0 Å². The molecule has 18 heavy (non-hydrogen) atoms. The van der Waals surface area contributed by atoms with Crippen molar-refractivity contribution in [1.29, 1.82) is 0 Å². The van der Waals surface area contributed by atoms with Crippen LogP contribution in [0.15, 0.2) is 42.5 Å². The summed E-state index contributed by atoms with van der Waals surface area (Å²) in [5, 5.41) is 0. The Hall–Kier alpha value is -1.96. The zero-order valence-electron chi connectivity index (χ0n) is 11.1. The second-order valence-electron chi connectivity index (χ2n) is 4.65. The molecule has 0 aromatic heterocycles. The molecule has 0 spiro atoms. The fourth-order valence-electron chi connectivity index (χ4n) is 1.92. The highest BCUT2D eigenvalue weighted by Gasteiger charge is 2.09. The molecular formula is C16H19NO. The first-order valence-corrected chi connectivity index (χ1v) is 6.16. The molecule has 2 nitrogen and oxygen atoms in total. The van der Waals surface area contributed by atoms with Crippen LogP contribution in [-0.4, -0.2) is 0 Å². The average Bonchev–Trinajstić information content (AvgIpc) is 2.37. The third kappa shape index (κ3) is 2.65. The minimum absolute atomic E-state index is 0.0351. The minimum Gasteiger partial charge on any atom is -0.486 e. The second kappa shape index (κ2) is 5.13. The third-order valence-corrected chi connectivity index (χ3v) is 3.14. The number of hydrogen-bond acceptors (Lipinski definition) is 2. The smallest absolute Gasteiger partial charge is 0.123 e. The highest BCUT2D eigenvalue weighted by Crippen LogP contribution is 2.28. The highest BCUT2D eigenvalue weighted by atomic mass is 16.5. The van der Waals surface area contributed by atoms with Gasteiger partial charge in [0.1, 0.15) is 11.9 Å². The zero-order valence-corrected chi connectivity index (χ0v) is 11.1. The van der Waals surface area contributed by atoms with Gasteiger partial charge in [0, 0.05) is 5.69 Å². The molecule has 0 saturated heterocycles. The summed E-state index contributed by atoms with van der Waals surface area (Å²) >= 11 is 0. The van der Waals surface area contributed by atoms with Gasteiger partial charge >= 0.3 is 0 Å². The van der Waals surface area contributed by atoms with Gasteiger partial charge in [-0.3, -0.25) is 0 Å². The van der Waals surface area contributed by atoms with Crippen LogP contribution in [0.1, 0.15) is 29.7 Å². The van der Waals surface area contributed by atoms with Crippen molar-refractivity contribution in [2.75, 3.05) is 5.73 Å². The molecule has 2 N–H and O–H groups in total. The van der Waals surface area contributed by atoms with Crippen molar-refractivity contribution in [2.45, 2.75) is 26.9 Å². The van der Waals surface area contributed by atoms with Gasteiger partial charge in [0.25, 0.3) is 0 Å². The minimum atomic E-state index is 0.0351. The zero-order chi connectivity index (χ0) is 13.1. The standard InChI is InChI=1S/C16H19NO/c1-11-10-16(12(2)9-15(11)17)18-13(3)14-7-5-4-6-8-14/h4-10,13H,17H2,1-3H3. The number of aryl methyl sites for hydroxylation is 2. The van der Waals surface area contributed by atoms with Crippen molar-refractivity contribution in [1.82, 2.24) is 0 Å². The van der Waals surface area contributed by atoms with Gasteiger partial charge < -0.3 is 10.5 Å². The molecule has 2 rings (SSSR count). The SMILES string of the molecule is Cc1cc(OC(C)c2ccccc2)c(C)cc1N. The van der Waals surface area contributed by atoms with Crippen LogP contribution in [0, 0.1) is 13.8 Å². The molecule has 0 aliphatic rings. The number of rotatable bonds is 3. The largest absolute Gasteiger partial charge is 0.486 e. The van der Waals surface area contributed by atoms with Crippen molar-refractivity contribution < 1.29 is 4.74 Å². The number of anilines is 1. The van der Waals surface area contributed by atoms with E-state index >= 15 is 0 Å². The molecule has 0 bridgehead atoms. The van der Waals surface area contributed by atoms with Crippen LogP contribution in [0.5, 0.6) is 5.75 Å². The Morgan fingerprint density at radius 1 is 1.00 bits per heavy atom. The summed E-state index contributed by atoms with van der Waals surface area (Å²) < 4.78 is 6.01. The van der Waals surface area contributed by atoms with E-state index in [1.165, 1.54) is 5.56 Å². The van der Waals surface area contributed by atoms with E-state index in [1.54, 1.807) is 0 Å². The van der Waals surface area contributed by atoms with Crippen LogP contribution in [0.4, 0.5) is 5.69 Å². The first kappa shape index (κ1) is 12.5. The van der Waals surface area contributed by atoms with Crippen molar-refractivity contribution in [2.24, 2.45) is 0 Å². The maximum Gasteiger partial charge on any atom is 0.123 e.